The number of sulfonamides is 1. The third kappa shape index (κ3) is 3.46. The van der Waals surface area contributed by atoms with Gasteiger partial charge < -0.3 is 5.11 Å². The number of carboxylic acid groups (broad SMARTS) is 1. The molecule has 1 heterocycles. The molecular weight excluding hydrogens is 218 g/mol. The summed E-state index contributed by atoms with van der Waals surface area (Å²) in [5.74, 6) is -1.69. The Labute approximate surface area is 90.1 Å². The highest BCUT2D eigenvalue weighted by atomic mass is 32.2. The number of carbonyl (C=O) groups is 1. The van der Waals surface area contributed by atoms with Gasteiger partial charge in [-0.1, -0.05) is 13.3 Å². The molecule has 1 atom stereocenters. The Morgan fingerprint density at radius 1 is 1.53 bits per heavy atom. The zero-order chi connectivity index (χ0) is 11.5. The summed E-state index contributed by atoms with van der Waals surface area (Å²) in [6.45, 7) is 2.97. The number of rotatable bonds is 4. The van der Waals surface area contributed by atoms with Gasteiger partial charge in [0.25, 0.3) is 0 Å². The van der Waals surface area contributed by atoms with Crippen LogP contribution in [0, 0.1) is 5.92 Å². The first-order valence-corrected chi connectivity index (χ1v) is 6.76. The molecular formula is C9H17NO4S. The number of hydrogen-bond acceptors (Lipinski definition) is 3. The summed E-state index contributed by atoms with van der Waals surface area (Å²) >= 11 is 0. The molecule has 1 fully saturated rings. The van der Waals surface area contributed by atoms with E-state index in [2.05, 4.69) is 0 Å². The fraction of sp³-hybridized carbons (Fsp3) is 0.889. The Morgan fingerprint density at radius 3 is 2.73 bits per heavy atom. The fourth-order valence-electron chi connectivity index (χ4n) is 1.86. The summed E-state index contributed by atoms with van der Waals surface area (Å²) in [7, 11) is -3.59. The van der Waals surface area contributed by atoms with Gasteiger partial charge in [0.1, 0.15) is 0 Å². The Balaban J connectivity index is 2.66. The zero-order valence-corrected chi connectivity index (χ0v) is 9.66. The first-order valence-electron chi connectivity index (χ1n) is 5.15. The van der Waals surface area contributed by atoms with E-state index in [1.165, 1.54) is 4.31 Å². The van der Waals surface area contributed by atoms with Gasteiger partial charge in [-0.2, -0.15) is 0 Å². The van der Waals surface area contributed by atoms with Gasteiger partial charge in [-0.3, -0.25) is 4.79 Å². The third-order valence-electron chi connectivity index (χ3n) is 2.76. The molecule has 0 radical (unpaired) electrons. The highest BCUT2D eigenvalue weighted by Gasteiger charge is 2.29. The van der Waals surface area contributed by atoms with E-state index in [1.807, 2.05) is 6.92 Å². The fourth-order valence-corrected chi connectivity index (χ4v) is 3.20. The van der Waals surface area contributed by atoms with Gasteiger partial charge in [0, 0.05) is 13.1 Å². The van der Waals surface area contributed by atoms with Crippen LogP contribution in [0.15, 0.2) is 0 Å². The molecule has 1 N–H and O–H groups in total. The highest BCUT2D eigenvalue weighted by molar-refractivity contribution is 7.89. The minimum atomic E-state index is -3.59. The van der Waals surface area contributed by atoms with E-state index < -0.39 is 21.7 Å². The molecule has 1 unspecified atom stereocenters. The molecule has 0 saturated carbocycles. The van der Waals surface area contributed by atoms with E-state index in [1.54, 1.807) is 0 Å². The summed E-state index contributed by atoms with van der Waals surface area (Å²) in [6, 6.07) is 0. The van der Waals surface area contributed by atoms with Crippen LogP contribution in [0.25, 0.3) is 0 Å². The second-order valence-electron chi connectivity index (χ2n) is 3.92. The van der Waals surface area contributed by atoms with Gasteiger partial charge in [-0.05, 0) is 18.8 Å². The van der Waals surface area contributed by atoms with E-state index in [0.717, 1.165) is 19.3 Å². The van der Waals surface area contributed by atoms with Gasteiger partial charge in [-0.15, -0.1) is 0 Å². The monoisotopic (exact) mass is 235 g/mol. The molecule has 1 aliphatic rings. The van der Waals surface area contributed by atoms with Crippen molar-refractivity contribution in [2.45, 2.75) is 26.2 Å². The Morgan fingerprint density at radius 2 is 2.20 bits per heavy atom. The largest absolute Gasteiger partial charge is 0.480 e. The molecule has 0 spiro atoms. The maximum absolute atomic E-state index is 11.6. The van der Waals surface area contributed by atoms with Crippen molar-refractivity contribution in [3.63, 3.8) is 0 Å². The maximum atomic E-state index is 11.6. The first kappa shape index (κ1) is 12.4. The van der Waals surface area contributed by atoms with Crippen molar-refractivity contribution in [1.82, 2.24) is 4.31 Å². The molecule has 5 nitrogen and oxygen atoms in total. The topological polar surface area (TPSA) is 74.7 Å². The average Bonchev–Trinajstić information content (AvgIpc) is 2.16. The van der Waals surface area contributed by atoms with Gasteiger partial charge in [0.2, 0.25) is 10.0 Å². The van der Waals surface area contributed by atoms with Crippen LogP contribution >= 0.6 is 0 Å². The van der Waals surface area contributed by atoms with Crippen molar-refractivity contribution in [2.24, 2.45) is 5.92 Å². The van der Waals surface area contributed by atoms with Crippen molar-refractivity contribution in [1.29, 1.82) is 0 Å². The van der Waals surface area contributed by atoms with Crippen LogP contribution in [0.5, 0.6) is 0 Å². The molecule has 1 saturated heterocycles. The molecule has 0 aromatic heterocycles. The quantitative estimate of drug-likeness (QED) is 0.771. The molecule has 0 bridgehead atoms. The predicted octanol–water partition coefficient (Wildman–Crippen LogP) is 0.523. The lowest BCUT2D eigenvalue weighted by Gasteiger charge is -2.30. The molecule has 0 amide bonds. The van der Waals surface area contributed by atoms with Crippen molar-refractivity contribution in [3.8, 4) is 0 Å². The maximum Gasteiger partial charge on any atom is 0.320 e. The van der Waals surface area contributed by atoms with E-state index in [4.69, 9.17) is 5.11 Å². The summed E-state index contributed by atoms with van der Waals surface area (Å²) in [5.41, 5.74) is 0. The summed E-state index contributed by atoms with van der Waals surface area (Å²) in [5, 5.41) is 8.50. The zero-order valence-electron chi connectivity index (χ0n) is 8.85. The second-order valence-corrected chi connectivity index (χ2v) is 5.89. The number of aliphatic carboxylic acids is 1. The third-order valence-corrected chi connectivity index (χ3v) is 4.49. The Hall–Kier alpha value is -0.620. The van der Waals surface area contributed by atoms with E-state index >= 15 is 0 Å². The molecule has 0 aliphatic carbocycles. The first-order chi connectivity index (χ1) is 6.95. The molecule has 1 aliphatic heterocycles. The molecule has 0 aromatic carbocycles. The Bertz CT molecular complexity index is 325. The minimum absolute atomic E-state index is 0.377. The molecule has 15 heavy (non-hydrogen) atoms. The van der Waals surface area contributed by atoms with Crippen LogP contribution < -0.4 is 0 Å². The number of nitrogens with zero attached hydrogens (tertiary/aromatic N) is 1. The molecule has 6 heteroatoms. The van der Waals surface area contributed by atoms with E-state index in [0.29, 0.717) is 19.0 Å². The number of carboxylic acids is 1. The van der Waals surface area contributed by atoms with Crippen LogP contribution in [0.2, 0.25) is 0 Å². The summed E-state index contributed by atoms with van der Waals surface area (Å²) in [4.78, 5) is 10.4. The Kier molecular flexibility index (Phi) is 4.10. The molecule has 88 valence electrons. The van der Waals surface area contributed by atoms with Crippen LogP contribution in [0.3, 0.4) is 0 Å². The van der Waals surface area contributed by atoms with Crippen molar-refractivity contribution in [3.05, 3.63) is 0 Å². The van der Waals surface area contributed by atoms with E-state index in [9.17, 15) is 13.2 Å². The number of hydrogen-bond donors (Lipinski definition) is 1. The smallest absolute Gasteiger partial charge is 0.320 e. The lowest BCUT2D eigenvalue weighted by molar-refractivity contribution is -0.134. The standard InChI is InChI=1S/C9H17NO4S/c1-2-8-4-3-5-10(6-8)15(13,14)7-9(11)12/h8H,2-7H2,1H3,(H,11,12). The van der Waals surface area contributed by atoms with Crippen LogP contribution in [-0.2, 0) is 14.8 Å². The second kappa shape index (κ2) is 4.94. The van der Waals surface area contributed by atoms with Gasteiger partial charge >= 0.3 is 5.97 Å². The van der Waals surface area contributed by atoms with Gasteiger partial charge in [-0.25, -0.2) is 12.7 Å². The SMILES string of the molecule is CCC1CCCN(S(=O)(=O)CC(=O)O)C1. The van der Waals surface area contributed by atoms with Crippen LogP contribution in [0.4, 0.5) is 0 Å². The van der Waals surface area contributed by atoms with Crippen molar-refractivity contribution in [2.75, 3.05) is 18.8 Å². The normalized spacial score (nSPS) is 23.9. The molecule has 0 aromatic rings. The van der Waals surface area contributed by atoms with Crippen molar-refractivity contribution < 1.29 is 18.3 Å². The van der Waals surface area contributed by atoms with Crippen LogP contribution in [-0.4, -0.2) is 42.6 Å². The van der Waals surface area contributed by atoms with Gasteiger partial charge in [0.15, 0.2) is 5.75 Å². The van der Waals surface area contributed by atoms with Crippen LogP contribution in [0.1, 0.15) is 26.2 Å². The summed E-state index contributed by atoms with van der Waals surface area (Å²) < 4.78 is 24.5. The average molecular weight is 235 g/mol. The molecule has 1 rings (SSSR count). The number of piperidine rings is 1. The predicted molar refractivity (Wildman–Crippen MR) is 56.0 cm³/mol. The summed E-state index contributed by atoms with van der Waals surface area (Å²) in [6.07, 6.45) is 2.81. The van der Waals surface area contributed by atoms with E-state index in [-0.39, 0.29) is 0 Å². The lowest BCUT2D eigenvalue weighted by atomic mass is 9.97. The minimum Gasteiger partial charge on any atom is -0.480 e. The lowest BCUT2D eigenvalue weighted by Crippen LogP contribution is -2.42. The van der Waals surface area contributed by atoms with Gasteiger partial charge in [0.05, 0.1) is 0 Å². The van der Waals surface area contributed by atoms with Crippen molar-refractivity contribution >= 4 is 16.0 Å². The highest BCUT2D eigenvalue weighted by Crippen LogP contribution is 2.21.